The number of nitrogens with zero attached hydrogens (tertiary/aromatic N) is 2. The Morgan fingerprint density at radius 2 is 1.93 bits per heavy atom. The van der Waals surface area contributed by atoms with Crippen molar-refractivity contribution in [3.05, 3.63) is 54.1 Å². The predicted molar refractivity (Wildman–Crippen MR) is 110 cm³/mol. The molecule has 0 radical (unpaired) electrons. The van der Waals surface area contributed by atoms with Crippen LogP contribution in [0.25, 0.3) is 11.4 Å². The van der Waals surface area contributed by atoms with Crippen LogP contribution in [0.2, 0.25) is 0 Å². The van der Waals surface area contributed by atoms with E-state index in [1.807, 2.05) is 24.3 Å². The molecule has 0 saturated heterocycles. The van der Waals surface area contributed by atoms with Crippen molar-refractivity contribution in [2.24, 2.45) is 0 Å². The normalized spacial score (nSPS) is 11.4. The highest BCUT2D eigenvalue weighted by molar-refractivity contribution is 7.99. The van der Waals surface area contributed by atoms with Crippen LogP contribution in [0.5, 0.6) is 0 Å². The fourth-order valence-corrected chi connectivity index (χ4v) is 3.74. The molecular weight excluding hydrogens is 396 g/mol. The molecule has 0 bridgehead atoms. The van der Waals surface area contributed by atoms with Crippen LogP contribution in [0.15, 0.2) is 58.6 Å². The van der Waals surface area contributed by atoms with Crippen molar-refractivity contribution < 1.29 is 13.2 Å². The van der Waals surface area contributed by atoms with Gasteiger partial charge in [-0.25, -0.2) is 13.4 Å². The first kappa shape index (κ1) is 20.1. The lowest BCUT2D eigenvalue weighted by atomic mass is 10.1. The van der Waals surface area contributed by atoms with Crippen LogP contribution >= 0.6 is 11.8 Å². The average molecular weight is 417 g/mol. The Hall–Kier alpha value is -2.65. The van der Waals surface area contributed by atoms with E-state index < -0.39 is 9.84 Å². The first-order valence-electron chi connectivity index (χ1n) is 8.59. The van der Waals surface area contributed by atoms with E-state index in [9.17, 15) is 13.2 Å². The summed E-state index contributed by atoms with van der Waals surface area (Å²) in [5, 5.41) is 10.2. The van der Waals surface area contributed by atoms with Gasteiger partial charge in [0, 0.05) is 17.5 Å². The second-order valence-corrected chi connectivity index (χ2v) is 9.11. The van der Waals surface area contributed by atoms with Gasteiger partial charge in [0.25, 0.3) is 0 Å². The van der Waals surface area contributed by atoms with Crippen molar-refractivity contribution in [3.8, 4) is 11.4 Å². The molecule has 2 N–H and O–H groups in total. The standard InChI is InChI=1S/C19H20N4O3S2/c1-3-13-7-9-14(10-8-13)18-21-19(23-22-18)27-12-17(24)20-15-5-4-6-16(11-15)28(2,25)26/h4-11H,3,12H2,1-2H3,(H,20,24)(H,21,22,23). The Bertz CT molecular complexity index is 1080. The minimum Gasteiger partial charge on any atom is -0.325 e. The van der Waals surface area contributed by atoms with Crippen LogP contribution in [0, 0.1) is 0 Å². The monoisotopic (exact) mass is 416 g/mol. The molecule has 9 heteroatoms. The van der Waals surface area contributed by atoms with Crippen molar-refractivity contribution in [2.75, 3.05) is 17.3 Å². The molecule has 0 fully saturated rings. The predicted octanol–water partition coefficient (Wildman–Crippen LogP) is 3.17. The maximum Gasteiger partial charge on any atom is 0.234 e. The van der Waals surface area contributed by atoms with Crippen LogP contribution < -0.4 is 5.32 Å². The Morgan fingerprint density at radius 3 is 2.61 bits per heavy atom. The lowest BCUT2D eigenvalue weighted by Crippen LogP contribution is -2.14. The Labute approximate surface area is 167 Å². The highest BCUT2D eigenvalue weighted by atomic mass is 32.2. The molecule has 0 saturated carbocycles. The van der Waals surface area contributed by atoms with E-state index in [0.717, 1.165) is 18.2 Å². The summed E-state index contributed by atoms with van der Waals surface area (Å²) < 4.78 is 23.2. The van der Waals surface area contributed by atoms with E-state index in [1.54, 1.807) is 12.1 Å². The minimum absolute atomic E-state index is 0.106. The number of carbonyl (C=O) groups excluding carboxylic acids is 1. The molecule has 28 heavy (non-hydrogen) atoms. The van der Waals surface area contributed by atoms with Gasteiger partial charge in [-0.3, -0.25) is 9.89 Å². The van der Waals surface area contributed by atoms with Crippen LogP contribution in [-0.2, 0) is 21.1 Å². The lowest BCUT2D eigenvalue weighted by molar-refractivity contribution is -0.113. The molecule has 3 rings (SSSR count). The van der Waals surface area contributed by atoms with E-state index >= 15 is 0 Å². The summed E-state index contributed by atoms with van der Waals surface area (Å²) >= 11 is 1.20. The third-order valence-corrected chi connectivity index (χ3v) is 5.94. The molecule has 0 unspecified atom stereocenters. The Balaban J connectivity index is 1.59. The third-order valence-electron chi connectivity index (χ3n) is 3.98. The van der Waals surface area contributed by atoms with Gasteiger partial charge in [0.1, 0.15) is 0 Å². The molecule has 1 heterocycles. The van der Waals surface area contributed by atoms with Crippen molar-refractivity contribution >= 4 is 33.2 Å². The van der Waals surface area contributed by atoms with Gasteiger partial charge >= 0.3 is 0 Å². The number of amides is 1. The van der Waals surface area contributed by atoms with Crippen molar-refractivity contribution in [3.63, 3.8) is 0 Å². The molecule has 146 valence electrons. The molecule has 0 atom stereocenters. The highest BCUT2D eigenvalue weighted by Crippen LogP contribution is 2.20. The number of hydrogen-bond donors (Lipinski definition) is 2. The van der Waals surface area contributed by atoms with E-state index in [1.165, 1.54) is 29.5 Å². The highest BCUT2D eigenvalue weighted by Gasteiger charge is 2.11. The third kappa shape index (κ3) is 5.20. The molecule has 3 aromatic rings. The maximum atomic E-state index is 12.1. The van der Waals surface area contributed by atoms with Gasteiger partial charge in [-0.2, -0.15) is 0 Å². The van der Waals surface area contributed by atoms with E-state index in [4.69, 9.17) is 0 Å². The van der Waals surface area contributed by atoms with Gasteiger partial charge < -0.3 is 5.32 Å². The number of sulfone groups is 1. The van der Waals surface area contributed by atoms with Crippen molar-refractivity contribution in [1.29, 1.82) is 0 Å². The van der Waals surface area contributed by atoms with Crippen molar-refractivity contribution in [2.45, 2.75) is 23.4 Å². The number of thioether (sulfide) groups is 1. The number of benzene rings is 2. The Morgan fingerprint density at radius 1 is 1.18 bits per heavy atom. The first-order valence-corrected chi connectivity index (χ1v) is 11.5. The van der Waals surface area contributed by atoms with Crippen LogP contribution in [0.1, 0.15) is 12.5 Å². The van der Waals surface area contributed by atoms with Crippen molar-refractivity contribution in [1.82, 2.24) is 15.2 Å². The minimum atomic E-state index is -3.33. The Kier molecular flexibility index (Phi) is 6.15. The quantitative estimate of drug-likeness (QED) is 0.573. The number of aromatic nitrogens is 3. The summed E-state index contributed by atoms with van der Waals surface area (Å²) in [6.45, 7) is 2.10. The summed E-state index contributed by atoms with van der Waals surface area (Å²) in [5.74, 6) is 0.482. The summed E-state index contributed by atoms with van der Waals surface area (Å²) in [7, 11) is -3.33. The second kappa shape index (κ2) is 8.57. The largest absolute Gasteiger partial charge is 0.325 e. The van der Waals surface area contributed by atoms with Gasteiger partial charge in [0.15, 0.2) is 15.7 Å². The van der Waals surface area contributed by atoms with Gasteiger partial charge in [-0.15, -0.1) is 5.10 Å². The number of rotatable bonds is 7. The van der Waals surface area contributed by atoms with E-state index in [0.29, 0.717) is 16.7 Å². The van der Waals surface area contributed by atoms with E-state index in [2.05, 4.69) is 27.4 Å². The van der Waals surface area contributed by atoms with Gasteiger partial charge in [-0.05, 0) is 30.2 Å². The van der Waals surface area contributed by atoms with E-state index in [-0.39, 0.29) is 16.6 Å². The average Bonchev–Trinajstić information content (AvgIpc) is 3.15. The van der Waals surface area contributed by atoms with Crippen LogP contribution in [-0.4, -0.2) is 41.5 Å². The number of nitrogens with one attached hydrogen (secondary N) is 2. The molecule has 0 aliphatic heterocycles. The number of carbonyl (C=O) groups is 1. The molecule has 7 nitrogen and oxygen atoms in total. The second-order valence-electron chi connectivity index (χ2n) is 6.15. The fraction of sp³-hybridized carbons (Fsp3) is 0.211. The van der Waals surface area contributed by atoms with Gasteiger partial charge in [-0.1, -0.05) is 49.0 Å². The summed E-state index contributed by atoms with van der Waals surface area (Å²) in [5.41, 5.74) is 2.60. The van der Waals surface area contributed by atoms with Gasteiger partial charge in [0.2, 0.25) is 11.1 Å². The number of aromatic amines is 1. The molecule has 2 aromatic carbocycles. The molecule has 1 aromatic heterocycles. The number of H-pyrrole nitrogens is 1. The molecule has 0 aliphatic carbocycles. The summed E-state index contributed by atoms with van der Waals surface area (Å²) in [6, 6.07) is 14.2. The molecule has 0 spiro atoms. The number of aryl methyl sites for hydroxylation is 1. The SMILES string of the molecule is CCc1ccc(-c2nc(SCC(=O)Nc3cccc(S(C)(=O)=O)c3)n[nH]2)cc1. The van der Waals surface area contributed by atoms with Crippen LogP contribution in [0.4, 0.5) is 5.69 Å². The van der Waals surface area contributed by atoms with Crippen LogP contribution in [0.3, 0.4) is 0 Å². The zero-order valence-electron chi connectivity index (χ0n) is 15.5. The summed E-state index contributed by atoms with van der Waals surface area (Å²) in [6.07, 6.45) is 2.10. The lowest BCUT2D eigenvalue weighted by Gasteiger charge is -2.06. The molecule has 1 amide bonds. The first-order chi connectivity index (χ1) is 13.3. The zero-order valence-corrected chi connectivity index (χ0v) is 17.1. The number of hydrogen-bond acceptors (Lipinski definition) is 6. The maximum absolute atomic E-state index is 12.1. The fourth-order valence-electron chi connectivity index (χ4n) is 2.47. The molecule has 0 aliphatic rings. The zero-order chi connectivity index (χ0) is 20.1. The topological polar surface area (TPSA) is 105 Å². The summed E-state index contributed by atoms with van der Waals surface area (Å²) in [4.78, 5) is 16.7. The van der Waals surface area contributed by atoms with Gasteiger partial charge in [0.05, 0.1) is 10.6 Å². The number of anilines is 1. The smallest absolute Gasteiger partial charge is 0.234 e. The molecular formula is C19H20N4O3S2.